The van der Waals surface area contributed by atoms with Crippen LogP contribution in [0.4, 0.5) is 13.2 Å². The van der Waals surface area contributed by atoms with Gasteiger partial charge in [0.15, 0.2) is 0 Å². The summed E-state index contributed by atoms with van der Waals surface area (Å²) >= 11 is 0. The first-order chi connectivity index (χ1) is 8.23. The summed E-state index contributed by atoms with van der Waals surface area (Å²) in [4.78, 5) is 26.4. The number of amides is 1. The van der Waals surface area contributed by atoms with E-state index in [1.165, 1.54) is 0 Å². The zero-order valence-electron chi connectivity index (χ0n) is 8.94. The molecule has 6 nitrogen and oxygen atoms in total. The Kier molecular flexibility index (Phi) is 3.94. The number of hydrogen-bond acceptors (Lipinski definition) is 3. The van der Waals surface area contributed by atoms with E-state index >= 15 is 0 Å². The largest absolute Gasteiger partial charge is 0.490 e. The number of aliphatic carboxylic acids is 1. The predicted molar refractivity (Wildman–Crippen MR) is 52.3 cm³/mol. The molecule has 2 atom stereocenters. The Morgan fingerprint density at radius 1 is 1.50 bits per heavy atom. The molecular formula is C9H10F3N3O3. The number of nitrogens with one attached hydrogen (secondary N) is 1. The van der Waals surface area contributed by atoms with E-state index in [-0.39, 0.29) is 17.7 Å². The lowest BCUT2D eigenvalue weighted by molar-refractivity contribution is -0.192. The number of carbonyl (C=O) groups excluding carboxylic acids is 1. The number of halogens is 3. The van der Waals surface area contributed by atoms with Gasteiger partial charge in [0, 0.05) is 18.0 Å². The highest BCUT2D eigenvalue weighted by atomic mass is 19.4. The van der Waals surface area contributed by atoms with Crippen molar-refractivity contribution in [3.8, 4) is 0 Å². The number of carboxylic acid groups (broad SMARTS) is 1. The first-order valence-corrected chi connectivity index (χ1v) is 4.81. The Labute approximate surface area is 99.0 Å². The highest BCUT2D eigenvalue weighted by molar-refractivity contribution is 5.80. The fraction of sp³-hybridized carbons (Fsp3) is 0.444. The number of carboxylic acids is 1. The molecule has 1 heterocycles. The smallest absolute Gasteiger partial charge is 0.475 e. The summed E-state index contributed by atoms with van der Waals surface area (Å²) in [6, 6.07) is 0. The molecule has 1 aliphatic carbocycles. The van der Waals surface area contributed by atoms with E-state index in [1.54, 1.807) is 6.33 Å². The zero-order chi connectivity index (χ0) is 13.9. The van der Waals surface area contributed by atoms with Gasteiger partial charge in [0.05, 0.1) is 12.0 Å². The number of nitrogens with zero attached hydrogens (tertiary/aromatic N) is 1. The maximum Gasteiger partial charge on any atom is 0.490 e. The molecule has 1 amide bonds. The fourth-order valence-corrected chi connectivity index (χ4v) is 1.31. The van der Waals surface area contributed by atoms with Gasteiger partial charge in [-0.1, -0.05) is 0 Å². The number of H-pyrrole nitrogens is 1. The average Bonchev–Trinajstić information content (AvgIpc) is 2.86. The van der Waals surface area contributed by atoms with E-state index in [9.17, 15) is 18.0 Å². The summed E-state index contributed by atoms with van der Waals surface area (Å²) in [5.41, 5.74) is 6.07. The maximum absolute atomic E-state index is 10.7. The number of carbonyl (C=O) groups is 2. The number of nitrogens with two attached hydrogens (primary N) is 1. The van der Waals surface area contributed by atoms with Crippen molar-refractivity contribution >= 4 is 11.9 Å². The van der Waals surface area contributed by atoms with Crippen LogP contribution in [-0.4, -0.2) is 33.1 Å². The van der Waals surface area contributed by atoms with E-state index in [2.05, 4.69) is 9.97 Å². The average molecular weight is 265 g/mol. The standard InChI is InChI=1S/C7H9N3O.C2HF3O2/c8-7(11)5-1-4(5)6-2-9-3-10-6;3-2(4,5)1(6)7/h2-5H,1H2,(H2,8,11)(H,9,10);(H,6,7). The highest BCUT2D eigenvalue weighted by Crippen LogP contribution is 2.45. The molecule has 1 aliphatic rings. The Balaban J connectivity index is 0.000000203. The molecule has 0 aromatic carbocycles. The summed E-state index contributed by atoms with van der Waals surface area (Å²) in [6.07, 6.45) is -0.792. The number of imidazole rings is 1. The van der Waals surface area contributed by atoms with Gasteiger partial charge in [-0.05, 0) is 6.42 Å². The Bertz CT molecular complexity index is 430. The van der Waals surface area contributed by atoms with E-state index in [0.29, 0.717) is 0 Å². The molecular weight excluding hydrogens is 255 g/mol. The molecule has 0 radical (unpaired) electrons. The molecule has 9 heteroatoms. The van der Waals surface area contributed by atoms with Crippen molar-refractivity contribution in [3.05, 3.63) is 18.2 Å². The molecule has 0 bridgehead atoms. The zero-order valence-corrected chi connectivity index (χ0v) is 8.94. The quantitative estimate of drug-likeness (QED) is 0.728. The molecule has 2 rings (SSSR count). The lowest BCUT2D eigenvalue weighted by Gasteiger charge is -1.93. The number of hydrogen-bond donors (Lipinski definition) is 3. The van der Waals surface area contributed by atoms with Gasteiger partial charge in [-0.2, -0.15) is 13.2 Å². The van der Waals surface area contributed by atoms with E-state index in [0.717, 1.165) is 12.1 Å². The van der Waals surface area contributed by atoms with E-state index in [4.69, 9.17) is 15.6 Å². The van der Waals surface area contributed by atoms with Crippen LogP contribution in [-0.2, 0) is 9.59 Å². The van der Waals surface area contributed by atoms with Gasteiger partial charge in [-0.3, -0.25) is 4.79 Å². The van der Waals surface area contributed by atoms with Crippen molar-refractivity contribution in [1.82, 2.24) is 9.97 Å². The molecule has 0 saturated heterocycles. The van der Waals surface area contributed by atoms with Gasteiger partial charge in [0.1, 0.15) is 0 Å². The first-order valence-electron chi connectivity index (χ1n) is 4.81. The predicted octanol–water partition coefficient (Wildman–Crippen LogP) is 0.632. The normalized spacial score (nSPS) is 21.7. The molecule has 1 aromatic heterocycles. The molecule has 2 unspecified atom stereocenters. The number of alkyl halides is 3. The molecule has 18 heavy (non-hydrogen) atoms. The van der Waals surface area contributed by atoms with Gasteiger partial charge in [0.25, 0.3) is 0 Å². The number of rotatable bonds is 2. The summed E-state index contributed by atoms with van der Waals surface area (Å²) in [5.74, 6) is -2.66. The third-order valence-electron chi connectivity index (χ3n) is 2.30. The maximum atomic E-state index is 10.7. The minimum atomic E-state index is -5.08. The van der Waals surface area contributed by atoms with Crippen LogP contribution < -0.4 is 5.73 Å². The van der Waals surface area contributed by atoms with Gasteiger partial charge in [-0.25, -0.2) is 9.78 Å². The van der Waals surface area contributed by atoms with Crippen molar-refractivity contribution in [2.24, 2.45) is 11.7 Å². The molecule has 1 fully saturated rings. The van der Waals surface area contributed by atoms with Gasteiger partial charge < -0.3 is 15.8 Å². The van der Waals surface area contributed by atoms with Crippen molar-refractivity contribution in [2.45, 2.75) is 18.5 Å². The summed E-state index contributed by atoms with van der Waals surface area (Å²) in [6.45, 7) is 0. The van der Waals surface area contributed by atoms with Crippen molar-refractivity contribution in [1.29, 1.82) is 0 Å². The molecule has 4 N–H and O–H groups in total. The summed E-state index contributed by atoms with van der Waals surface area (Å²) < 4.78 is 31.7. The van der Waals surface area contributed by atoms with Crippen molar-refractivity contribution < 1.29 is 27.9 Å². The third kappa shape index (κ3) is 3.75. The number of primary amides is 1. The van der Waals surface area contributed by atoms with E-state index < -0.39 is 12.1 Å². The van der Waals surface area contributed by atoms with Crippen LogP contribution >= 0.6 is 0 Å². The van der Waals surface area contributed by atoms with Gasteiger partial charge in [0.2, 0.25) is 5.91 Å². The topological polar surface area (TPSA) is 109 Å². The van der Waals surface area contributed by atoms with Crippen LogP contribution in [0.2, 0.25) is 0 Å². The minimum absolute atomic E-state index is 0.0262. The van der Waals surface area contributed by atoms with Gasteiger partial charge in [-0.15, -0.1) is 0 Å². The molecule has 100 valence electrons. The molecule has 0 aliphatic heterocycles. The third-order valence-corrected chi connectivity index (χ3v) is 2.30. The van der Waals surface area contributed by atoms with Crippen molar-refractivity contribution in [3.63, 3.8) is 0 Å². The second-order valence-corrected chi connectivity index (χ2v) is 3.65. The summed E-state index contributed by atoms with van der Waals surface area (Å²) in [7, 11) is 0. The molecule has 1 aromatic rings. The van der Waals surface area contributed by atoms with Crippen LogP contribution in [0, 0.1) is 5.92 Å². The molecule has 1 saturated carbocycles. The lowest BCUT2D eigenvalue weighted by Crippen LogP contribution is -2.21. The highest BCUT2D eigenvalue weighted by Gasteiger charge is 2.43. The van der Waals surface area contributed by atoms with Crippen LogP contribution in [0.15, 0.2) is 12.5 Å². The Hall–Kier alpha value is -2.06. The molecule has 0 spiro atoms. The van der Waals surface area contributed by atoms with Crippen molar-refractivity contribution in [2.75, 3.05) is 0 Å². The number of aromatic nitrogens is 2. The minimum Gasteiger partial charge on any atom is -0.475 e. The SMILES string of the molecule is NC(=O)C1CC1c1c[nH]cn1.O=C(O)C(F)(F)F. The van der Waals surface area contributed by atoms with Crippen LogP contribution in [0.3, 0.4) is 0 Å². The first kappa shape index (κ1) is 14.0. The Morgan fingerprint density at radius 2 is 2.06 bits per heavy atom. The van der Waals surface area contributed by atoms with Gasteiger partial charge >= 0.3 is 12.1 Å². The monoisotopic (exact) mass is 265 g/mol. The van der Waals surface area contributed by atoms with Crippen LogP contribution in [0.5, 0.6) is 0 Å². The Morgan fingerprint density at radius 3 is 2.33 bits per heavy atom. The fourth-order valence-electron chi connectivity index (χ4n) is 1.31. The van der Waals surface area contributed by atoms with Crippen LogP contribution in [0.25, 0.3) is 0 Å². The van der Waals surface area contributed by atoms with E-state index in [1.807, 2.05) is 6.20 Å². The van der Waals surface area contributed by atoms with Crippen LogP contribution in [0.1, 0.15) is 18.0 Å². The summed E-state index contributed by atoms with van der Waals surface area (Å²) in [5, 5.41) is 7.12. The second kappa shape index (κ2) is 5.07. The second-order valence-electron chi connectivity index (χ2n) is 3.65. The lowest BCUT2D eigenvalue weighted by atomic mass is 10.2. The number of aromatic amines is 1.